The van der Waals surface area contributed by atoms with Gasteiger partial charge in [0.2, 0.25) is 0 Å². The maximum absolute atomic E-state index is 13.6. The first kappa shape index (κ1) is 22.3. The Labute approximate surface area is 214 Å². The second-order valence-electron chi connectivity index (χ2n) is 7.59. The summed E-state index contributed by atoms with van der Waals surface area (Å²) in [5, 5.41) is 0.569. The first-order valence-electron chi connectivity index (χ1n) is 10.1. The van der Waals surface area contributed by atoms with E-state index in [9.17, 15) is 9.59 Å². The van der Waals surface area contributed by atoms with Crippen molar-refractivity contribution in [3.63, 3.8) is 0 Å². The molecule has 0 radical (unpaired) electrons. The molecule has 0 aliphatic carbocycles. The summed E-state index contributed by atoms with van der Waals surface area (Å²) >= 11 is 16.5. The number of rotatable bonds is 4. The predicted molar refractivity (Wildman–Crippen MR) is 141 cm³/mol. The molecule has 164 valence electrons. The van der Waals surface area contributed by atoms with E-state index in [0.29, 0.717) is 26.4 Å². The molecule has 3 aromatic rings. The summed E-state index contributed by atoms with van der Waals surface area (Å²) < 4.78 is 1.24. The van der Waals surface area contributed by atoms with Gasteiger partial charge in [0.1, 0.15) is 4.32 Å². The third kappa shape index (κ3) is 4.15. The molecule has 8 heteroatoms. The fourth-order valence-corrected chi connectivity index (χ4v) is 5.81. The summed E-state index contributed by atoms with van der Waals surface area (Å²) in [7, 11) is 0. The van der Waals surface area contributed by atoms with Crippen molar-refractivity contribution in [1.29, 1.82) is 0 Å². The van der Waals surface area contributed by atoms with E-state index in [1.807, 2.05) is 66.7 Å². The molecule has 2 aliphatic heterocycles. The molecule has 33 heavy (non-hydrogen) atoms. The summed E-state index contributed by atoms with van der Waals surface area (Å²) in [6.07, 6.45) is 0. The van der Waals surface area contributed by atoms with E-state index >= 15 is 0 Å². The lowest BCUT2D eigenvalue weighted by atomic mass is 10.1. The molecule has 0 saturated carbocycles. The fourth-order valence-electron chi connectivity index (χ4n) is 3.93. The Kier molecular flexibility index (Phi) is 6.14. The van der Waals surface area contributed by atoms with Gasteiger partial charge in [0.25, 0.3) is 11.8 Å². The quantitative estimate of drug-likeness (QED) is 0.275. The Morgan fingerprint density at radius 1 is 0.879 bits per heavy atom. The predicted octanol–water partition coefficient (Wildman–Crippen LogP) is 6.42. The van der Waals surface area contributed by atoms with Crippen LogP contribution >= 0.6 is 51.5 Å². The van der Waals surface area contributed by atoms with Crippen LogP contribution in [0.4, 0.5) is 5.69 Å². The van der Waals surface area contributed by atoms with Crippen molar-refractivity contribution in [2.75, 3.05) is 4.90 Å². The van der Waals surface area contributed by atoms with E-state index in [2.05, 4.69) is 15.9 Å². The molecule has 1 saturated heterocycles. The third-order valence-electron chi connectivity index (χ3n) is 5.52. The Bertz CT molecular complexity index is 1340. The van der Waals surface area contributed by atoms with Crippen LogP contribution in [0.5, 0.6) is 0 Å². The van der Waals surface area contributed by atoms with Crippen LogP contribution in [0.2, 0.25) is 5.02 Å². The summed E-state index contributed by atoms with van der Waals surface area (Å²) in [6, 6.07) is 22.8. The lowest BCUT2D eigenvalue weighted by molar-refractivity contribution is -0.122. The highest BCUT2D eigenvalue weighted by molar-refractivity contribution is 9.10. The smallest absolute Gasteiger partial charge is 0.267 e. The van der Waals surface area contributed by atoms with Crippen LogP contribution in [0.15, 0.2) is 82.2 Å². The van der Waals surface area contributed by atoms with E-state index in [1.165, 1.54) is 16.7 Å². The third-order valence-corrected chi connectivity index (χ3v) is 7.83. The summed E-state index contributed by atoms with van der Waals surface area (Å²) in [5.74, 6) is -0.481. The molecule has 2 aliphatic rings. The van der Waals surface area contributed by atoms with Gasteiger partial charge in [-0.1, -0.05) is 100 Å². The minimum absolute atomic E-state index is 0.204. The van der Waals surface area contributed by atoms with Gasteiger partial charge in [0, 0.05) is 15.1 Å². The van der Waals surface area contributed by atoms with Crippen molar-refractivity contribution >= 4 is 78.9 Å². The lowest BCUT2D eigenvalue weighted by Crippen LogP contribution is -2.29. The molecule has 0 spiro atoms. The van der Waals surface area contributed by atoms with E-state index in [4.69, 9.17) is 23.8 Å². The highest BCUT2D eigenvalue weighted by Gasteiger charge is 2.42. The minimum atomic E-state index is -0.277. The van der Waals surface area contributed by atoms with Crippen molar-refractivity contribution < 1.29 is 9.59 Å². The molecular formula is C25H16BrClN2O2S2. The summed E-state index contributed by atoms with van der Waals surface area (Å²) in [6.45, 7) is 0.673. The van der Waals surface area contributed by atoms with Crippen molar-refractivity contribution in [2.45, 2.75) is 13.1 Å². The molecule has 5 rings (SSSR count). The van der Waals surface area contributed by atoms with Crippen LogP contribution in [-0.2, 0) is 22.7 Å². The summed E-state index contributed by atoms with van der Waals surface area (Å²) in [5.41, 5.74) is 3.70. The van der Waals surface area contributed by atoms with Crippen LogP contribution in [0.25, 0.3) is 5.57 Å². The molecule has 2 amide bonds. The van der Waals surface area contributed by atoms with Crippen LogP contribution < -0.4 is 4.90 Å². The molecule has 0 N–H and O–H groups in total. The minimum Gasteiger partial charge on any atom is -0.303 e. The number of thiocarbonyl (C=S) groups is 1. The van der Waals surface area contributed by atoms with Gasteiger partial charge in [-0.05, 0) is 35.4 Å². The second-order valence-corrected chi connectivity index (χ2v) is 10.6. The van der Waals surface area contributed by atoms with Gasteiger partial charge in [-0.3, -0.25) is 14.5 Å². The maximum Gasteiger partial charge on any atom is 0.267 e. The van der Waals surface area contributed by atoms with Crippen molar-refractivity contribution in [1.82, 2.24) is 4.90 Å². The van der Waals surface area contributed by atoms with E-state index in [-0.39, 0.29) is 18.4 Å². The zero-order valence-corrected chi connectivity index (χ0v) is 21.1. The summed E-state index contributed by atoms with van der Waals surface area (Å²) in [4.78, 5) is 30.7. The van der Waals surface area contributed by atoms with Gasteiger partial charge in [-0.25, -0.2) is 0 Å². The van der Waals surface area contributed by atoms with Gasteiger partial charge < -0.3 is 4.90 Å². The first-order valence-corrected chi connectivity index (χ1v) is 12.5. The number of carbonyl (C=O) groups is 2. The van der Waals surface area contributed by atoms with Crippen LogP contribution in [0.3, 0.4) is 0 Å². The molecule has 0 unspecified atom stereocenters. The number of fused-ring (bicyclic) bond motifs is 1. The zero-order valence-electron chi connectivity index (χ0n) is 17.1. The van der Waals surface area contributed by atoms with Gasteiger partial charge in [0.15, 0.2) is 0 Å². The molecule has 4 nitrogen and oxygen atoms in total. The topological polar surface area (TPSA) is 40.6 Å². The molecule has 0 bridgehead atoms. The molecule has 1 fully saturated rings. The zero-order chi connectivity index (χ0) is 23.1. The standard InChI is InChI=1S/C25H16BrClN2O2S2/c26-17-10-11-20-18(12-17)21(23(30)28(20)13-15-6-2-1-3-7-15)22-24(31)29(25(32)33-22)14-16-8-4-5-9-19(16)27/h1-12H,13-14H2/b22-21-. The molecular weight excluding hydrogens is 540 g/mol. The molecule has 2 heterocycles. The van der Waals surface area contributed by atoms with Crippen molar-refractivity contribution in [2.24, 2.45) is 0 Å². The number of hydrogen-bond donors (Lipinski definition) is 0. The van der Waals surface area contributed by atoms with Gasteiger partial charge in [0.05, 0.1) is 29.3 Å². The fraction of sp³-hybridized carbons (Fsp3) is 0.0800. The molecule has 3 aromatic carbocycles. The highest BCUT2D eigenvalue weighted by Crippen LogP contribution is 2.46. The number of nitrogens with zero attached hydrogens (tertiary/aromatic N) is 2. The SMILES string of the molecule is O=C1/C(=C2/C(=O)N(Cc3ccccc3)c3ccc(Br)cc32)SC(=S)N1Cc1ccccc1Cl. The number of thioether (sulfide) groups is 1. The average Bonchev–Trinajstić information content (AvgIpc) is 3.23. The van der Waals surface area contributed by atoms with Gasteiger partial charge in [-0.2, -0.15) is 0 Å². The highest BCUT2D eigenvalue weighted by atomic mass is 79.9. The van der Waals surface area contributed by atoms with Crippen molar-refractivity contribution in [3.05, 3.63) is 104 Å². The van der Waals surface area contributed by atoms with Gasteiger partial charge in [-0.15, -0.1) is 0 Å². The Hall–Kier alpha value is -2.45. The number of amides is 2. The average molecular weight is 556 g/mol. The Balaban J connectivity index is 1.55. The van der Waals surface area contributed by atoms with E-state index < -0.39 is 0 Å². The number of hydrogen-bond acceptors (Lipinski definition) is 4. The maximum atomic E-state index is 13.6. The second kappa shape index (κ2) is 9.06. The van der Waals surface area contributed by atoms with Crippen LogP contribution in [-0.4, -0.2) is 21.0 Å². The number of carbonyl (C=O) groups excluding carboxylic acids is 2. The number of benzene rings is 3. The normalized spacial score (nSPS) is 17.8. The Morgan fingerprint density at radius 3 is 2.36 bits per heavy atom. The monoisotopic (exact) mass is 554 g/mol. The Morgan fingerprint density at radius 2 is 1.61 bits per heavy atom. The lowest BCUT2D eigenvalue weighted by Gasteiger charge is -2.17. The first-order chi connectivity index (χ1) is 15.9. The number of anilines is 1. The molecule has 0 atom stereocenters. The van der Waals surface area contributed by atoms with E-state index in [0.717, 1.165) is 26.9 Å². The van der Waals surface area contributed by atoms with Crippen LogP contribution in [0.1, 0.15) is 16.7 Å². The molecule has 0 aromatic heterocycles. The van der Waals surface area contributed by atoms with Crippen LogP contribution in [0, 0.1) is 0 Å². The van der Waals surface area contributed by atoms with E-state index in [1.54, 1.807) is 11.0 Å². The van der Waals surface area contributed by atoms with Crippen molar-refractivity contribution in [3.8, 4) is 0 Å². The van der Waals surface area contributed by atoms with Gasteiger partial charge >= 0.3 is 0 Å². The number of halogens is 2. The largest absolute Gasteiger partial charge is 0.303 e.